The molecular formula is C14H11Cl2NO2. The van der Waals surface area contributed by atoms with Gasteiger partial charge in [-0.2, -0.15) is 0 Å². The van der Waals surface area contributed by atoms with Crippen LogP contribution in [0.4, 0.5) is 5.69 Å². The first-order valence-corrected chi connectivity index (χ1v) is 6.28. The summed E-state index contributed by atoms with van der Waals surface area (Å²) in [6, 6.07) is 11.6. The highest BCUT2D eigenvalue weighted by molar-refractivity contribution is 6.42. The summed E-state index contributed by atoms with van der Waals surface area (Å²) < 4.78 is 5.37. The highest BCUT2D eigenvalue weighted by Gasteiger charge is 2.09. The second-order valence-electron chi connectivity index (χ2n) is 3.91. The summed E-state index contributed by atoms with van der Waals surface area (Å²) in [5, 5.41) is 0.762. The third kappa shape index (κ3) is 3.63. The van der Waals surface area contributed by atoms with Crippen LogP contribution >= 0.6 is 23.2 Å². The maximum Gasteiger partial charge on any atom is 0.200 e. The molecule has 0 aliphatic rings. The van der Waals surface area contributed by atoms with Gasteiger partial charge in [-0.05, 0) is 42.5 Å². The Morgan fingerprint density at radius 2 is 1.74 bits per heavy atom. The van der Waals surface area contributed by atoms with Crippen molar-refractivity contribution in [3.05, 3.63) is 58.1 Å². The van der Waals surface area contributed by atoms with Crippen molar-refractivity contribution in [3.63, 3.8) is 0 Å². The van der Waals surface area contributed by atoms with Crippen molar-refractivity contribution in [2.24, 2.45) is 0 Å². The van der Waals surface area contributed by atoms with Crippen LogP contribution in [0.3, 0.4) is 0 Å². The average Bonchev–Trinajstić information content (AvgIpc) is 2.41. The zero-order valence-electron chi connectivity index (χ0n) is 9.90. The number of hydrogen-bond acceptors (Lipinski definition) is 3. The van der Waals surface area contributed by atoms with Crippen molar-refractivity contribution in [1.29, 1.82) is 0 Å². The smallest absolute Gasteiger partial charge is 0.200 e. The van der Waals surface area contributed by atoms with Gasteiger partial charge in [-0.15, -0.1) is 0 Å². The van der Waals surface area contributed by atoms with Crippen molar-refractivity contribution in [2.45, 2.75) is 0 Å². The summed E-state index contributed by atoms with van der Waals surface area (Å²) in [7, 11) is 0. The van der Waals surface area contributed by atoms with E-state index in [1.165, 1.54) is 6.07 Å². The molecule has 0 amide bonds. The number of carbonyl (C=O) groups excluding carboxylic acids is 1. The monoisotopic (exact) mass is 295 g/mol. The molecule has 0 aliphatic heterocycles. The van der Waals surface area contributed by atoms with Gasteiger partial charge in [0.05, 0.1) is 10.0 Å². The van der Waals surface area contributed by atoms with Gasteiger partial charge in [0, 0.05) is 11.3 Å². The van der Waals surface area contributed by atoms with E-state index >= 15 is 0 Å². The molecule has 0 radical (unpaired) electrons. The molecule has 3 nitrogen and oxygen atoms in total. The summed E-state index contributed by atoms with van der Waals surface area (Å²) >= 11 is 11.6. The van der Waals surface area contributed by atoms with Crippen molar-refractivity contribution in [1.82, 2.24) is 0 Å². The number of rotatable bonds is 4. The van der Waals surface area contributed by atoms with Crippen LogP contribution in [0.25, 0.3) is 0 Å². The predicted molar refractivity (Wildman–Crippen MR) is 77.1 cm³/mol. The number of ether oxygens (including phenoxy) is 1. The number of anilines is 1. The van der Waals surface area contributed by atoms with E-state index in [1.807, 2.05) is 0 Å². The minimum atomic E-state index is -0.171. The van der Waals surface area contributed by atoms with Gasteiger partial charge in [-0.25, -0.2) is 0 Å². The molecule has 98 valence electrons. The lowest BCUT2D eigenvalue weighted by molar-refractivity contribution is 0.0921. The Kier molecular flexibility index (Phi) is 4.30. The molecular weight excluding hydrogens is 285 g/mol. The maximum absolute atomic E-state index is 11.9. The minimum absolute atomic E-state index is 0.0676. The Labute approximate surface area is 120 Å². The van der Waals surface area contributed by atoms with Crippen LogP contribution in [-0.2, 0) is 0 Å². The molecule has 0 saturated carbocycles. The first-order chi connectivity index (χ1) is 9.06. The van der Waals surface area contributed by atoms with Gasteiger partial charge in [0.2, 0.25) is 0 Å². The first-order valence-electron chi connectivity index (χ1n) is 5.53. The zero-order chi connectivity index (χ0) is 13.8. The van der Waals surface area contributed by atoms with Gasteiger partial charge in [-0.1, -0.05) is 23.2 Å². The molecule has 0 atom stereocenters. The number of ketones is 1. The van der Waals surface area contributed by atoms with Crippen LogP contribution < -0.4 is 10.5 Å². The Balaban J connectivity index is 2.01. The molecule has 0 spiro atoms. The fourth-order valence-electron chi connectivity index (χ4n) is 1.47. The van der Waals surface area contributed by atoms with Crippen molar-refractivity contribution in [3.8, 4) is 5.75 Å². The lowest BCUT2D eigenvalue weighted by Gasteiger charge is -2.06. The Hall–Kier alpha value is -1.71. The lowest BCUT2D eigenvalue weighted by Crippen LogP contribution is -2.11. The number of nitrogen functional groups attached to an aromatic ring is 1. The van der Waals surface area contributed by atoms with Crippen LogP contribution in [0.5, 0.6) is 5.75 Å². The van der Waals surface area contributed by atoms with Crippen LogP contribution in [0.15, 0.2) is 42.5 Å². The van der Waals surface area contributed by atoms with Gasteiger partial charge in [0.1, 0.15) is 5.75 Å². The fourth-order valence-corrected chi connectivity index (χ4v) is 1.76. The standard InChI is InChI=1S/C14H11Cl2NO2/c15-12-6-1-9(7-13(12)16)14(18)8-19-11-4-2-10(17)3-5-11/h1-7H,8,17H2. The van der Waals surface area contributed by atoms with E-state index in [0.29, 0.717) is 27.0 Å². The molecule has 0 heterocycles. The Morgan fingerprint density at radius 1 is 1.05 bits per heavy atom. The van der Waals surface area contributed by atoms with E-state index in [1.54, 1.807) is 36.4 Å². The molecule has 0 unspecified atom stereocenters. The van der Waals surface area contributed by atoms with Crippen LogP contribution in [0, 0.1) is 0 Å². The highest BCUT2D eigenvalue weighted by Crippen LogP contribution is 2.23. The minimum Gasteiger partial charge on any atom is -0.485 e. The molecule has 2 rings (SSSR count). The number of hydrogen-bond donors (Lipinski definition) is 1. The Morgan fingerprint density at radius 3 is 2.37 bits per heavy atom. The largest absolute Gasteiger partial charge is 0.485 e. The van der Waals surface area contributed by atoms with Gasteiger partial charge in [-0.3, -0.25) is 4.79 Å². The molecule has 0 aliphatic carbocycles. The number of Topliss-reactive ketones (excluding diaryl/α,β-unsaturated/α-hetero) is 1. The topological polar surface area (TPSA) is 52.3 Å². The van der Waals surface area contributed by atoms with E-state index in [9.17, 15) is 4.79 Å². The van der Waals surface area contributed by atoms with Crippen LogP contribution in [0.2, 0.25) is 10.0 Å². The molecule has 0 saturated heterocycles. The molecule has 2 N–H and O–H groups in total. The van der Waals surface area contributed by atoms with Crippen molar-refractivity contribution >= 4 is 34.7 Å². The fraction of sp³-hybridized carbons (Fsp3) is 0.0714. The Bertz CT molecular complexity index is 597. The second-order valence-corrected chi connectivity index (χ2v) is 4.72. The molecule has 0 bridgehead atoms. The van der Waals surface area contributed by atoms with E-state index in [4.69, 9.17) is 33.7 Å². The first kappa shape index (κ1) is 13.7. The van der Waals surface area contributed by atoms with Crippen LogP contribution in [-0.4, -0.2) is 12.4 Å². The van der Waals surface area contributed by atoms with Crippen molar-refractivity contribution in [2.75, 3.05) is 12.3 Å². The number of carbonyl (C=O) groups is 1. The molecule has 0 aromatic heterocycles. The van der Waals surface area contributed by atoms with Gasteiger partial charge in [0.25, 0.3) is 0 Å². The van der Waals surface area contributed by atoms with E-state index < -0.39 is 0 Å². The second kappa shape index (κ2) is 5.95. The van der Waals surface area contributed by atoms with Crippen molar-refractivity contribution < 1.29 is 9.53 Å². The molecule has 2 aromatic carbocycles. The summed E-state index contributed by atoms with van der Waals surface area (Å²) in [6.07, 6.45) is 0. The summed E-state index contributed by atoms with van der Waals surface area (Å²) in [5.41, 5.74) is 6.66. The number of halogens is 2. The SMILES string of the molecule is Nc1ccc(OCC(=O)c2ccc(Cl)c(Cl)c2)cc1. The van der Waals surface area contributed by atoms with E-state index in [0.717, 1.165) is 0 Å². The third-order valence-electron chi connectivity index (χ3n) is 2.49. The predicted octanol–water partition coefficient (Wildman–Crippen LogP) is 3.84. The number of nitrogens with two attached hydrogens (primary N) is 1. The lowest BCUT2D eigenvalue weighted by atomic mass is 10.1. The molecule has 5 heteroatoms. The molecule has 2 aromatic rings. The molecule has 0 fully saturated rings. The normalized spacial score (nSPS) is 10.2. The van der Waals surface area contributed by atoms with Gasteiger partial charge < -0.3 is 10.5 Å². The van der Waals surface area contributed by atoms with E-state index in [-0.39, 0.29) is 12.4 Å². The van der Waals surface area contributed by atoms with E-state index in [2.05, 4.69) is 0 Å². The highest BCUT2D eigenvalue weighted by atomic mass is 35.5. The molecule has 19 heavy (non-hydrogen) atoms. The number of benzene rings is 2. The maximum atomic E-state index is 11.9. The summed E-state index contributed by atoms with van der Waals surface area (Å²) in [4.78, 5) is 11.9. The third-order valence-corrected chi connectivity index (χ3v) is 3.23. The van der Waals surface area contributed by atoms with Gasteiger partial charge in [0.15, 0.2) is 12.4 Å². The average molecular weight is 296 g/mol. The summed E-state index contributed by atoms with van der Waals surface area (Å²) in [5.74, 6) is 0.415. The van der Waals surface area contributed by atoms with Gasteiger partial charge >= 0.3 is 0 Å². The summed E-state index contributed by atoms with van der Waals surface area (Å²) in [6.45, 7) is -0.0676. The zero-order valence-corrected chi connectivity index (χ0v) is 11.4. The quantitative estimate of drug-likeness (QED) is 0.689. The van der Waals surface area contributed by atoms with Crippen LogP contribution in [0.1, 0.15) is 10.4 Å².